The van der Waals surface area contributed by atoms with Crippen LogP contribution in [0.5, 0.6) is 0 Å². The molecule has 0 saturated carbocycles. The van der Waals surface area contributed by atoms with E-state index >= 15 is 0 Å². The number of carbonyl (C=O) groups excluding carboxylic acids is 1. The molecule has 4 aromatic rings. The van der Waals surface area contributed by atoms with Gasteiger partial charge < -0.3 is 5.32 Å². The second kappa shape index (κ2) is 9.81. The number of nitrogens with one attached hydrogen (secondary N) is 1. The maximum absolute atomic E-state index is 13.2. The zero-order valence-corrected chi connectivity index (χ0v) is 18.2. The minimum atomic E-state index is -0.155. The van der Waals surface area contributed by atoms with Crippen LogP contribution in [0, 0.1) is 0 Å². The van der Waals surface area contributed by atoms with E-state index in [-0.39, 0.29) is 17.2 Å². The lowest BCUT2D eigenvalue weighted by Crippen LogP contribution is -2.27. The van der Waals surface area contributed by atoms with Crippen molar-refractivity contribution in [2.24, 2.45) is 0 Å². The summed E-state index contributed by atoms with van der Waals surface area (Å²) in [7, 11) is 0. The van der Waals surface area contributed by atoms with Crippen molar-refractivity contribution >= 4 is 40.2 Å². The lowest BCUT2D eigenvalue weighted by Gasteiger charge is -2.13. The Labute approximate surface area is 189 Å². The van der Waals surface area contributed by atoms with Gasteiger partial charge >= 0.3 is 0 Å². The van der Waals surface area contributed by atoms with E-state index in [0.29, 0.717) is 34.2 Å². The predicted molar refractivity (Wildman–Crippen MR) is 126 cm³/mol. The normalized spacial score (nSPS) is 10.9. The molecule has 3 aromatic carbocycles. The van der Waals surface area contributed by atoms with Gasteiger partial charge in [-0.05, 0) is 29.3 Å². The molecule has 7 heteroatoms. The zero-order valence-electron chi connectivity index (χ0n) is 16.6. The molecule has 0 atom stereocenters. The summed E-state index contributed by atoms with van der Waals surface area (Å²) < 4.78 is 1.61. The summed E-state index contributed by atoms with van der Waals surface area (Å²) in [6.07, 6.45) is 0. The van der Waals surface area contributed by atoms with Crippen molar-refractivity contribution in [3.05, 3.63) is 105 Å². The average Bonchev–Trinajstić information content (AvgIpc) is 2.79. The Morgan fingerprint density at radius 1 is 0.968 bits per heavy atom. The maximum Gasteiger partial charge on any atom is 0.262 e. The monoisotopic (exact) mass is 449 g/mol. The van der Waals surface area contributed by atoms with Crippen LogP contribution in [0.3, 0.4) is 0 Å². The molecule has 0 aliphatic rings. The van der Waals surface area contributed by atoms with Crippen LogP contribution in [-0.2, 0) is 17.9 Å². The van der Waals surface area contributed by atoms with Crippen LogP contribution in [-0.4, -0.2) is 21.2 Å². The Balaban J connectivity index is 1.58. The molecule has 4 rings (SSSR count). The van der Waals surface area contributed by atoms with Gasteiger partial charge in [-0.3, -0.25) is 14.2 Å². The largest absolute Gasteiger partial charge is 0.351 e. The van der Waals surface area contributed by atoms with Gasteiger partial charge in [0.25, 0.3) is 5.56 Å². The fourth-order valence-corrected chi connectivity index (χ4v) is 4.16. The highest BCUT2D eigenvalue weighted by Gasteiger charge is 2.14. The second-order valence-corrected chi connectivity index (χ2v) is 8.36. The fourth-order valence-electron chi connectivity index (χ4n) is 3.17. The molecule has 0 aliphatic carbocycles. The van der Waals surface area contributed by atoms with Gasteiger partial charge in [0.15, 0.2) is 5.16 Å². The van der Waals surface area contributed by atoms with Crippen molar-refractivity contribution in [3.8, 4) is 0 Å². The van der Waals surface area contributed by atoms with E-state index in [4.69, 9.17) is 11.6 Å². The fraction of sp³-hybridized carbons (Fsp3) is 0.125. The number of halogens is 1. The van der Waals surface area contributed by atoms with Crippen molar-refractivity contribution in [3.63, 3.8) is 0 Å². The smallest absolute Gasteiger partial charge is 0.262 e. The first-order valence-corrected chi connectivity index (χ1v) is 11.1. The number of nitrogens with zero attached hydrogens (tertiary/aromatic N) is 2. The molecule has 0 unspecified atom stereocenters. The molecule has 1 heterocycles. The highest BCUT2D eigenvalue weighted by molar-refractivity contribution is 7.99. The zero-order chi connectivity index (χ0) is 21.6. The summed E-state index contributed by atoms with van der Waals surface area (Å²) in [5.74, 6) is 0.0284. The molecule has 0 radical (unpaired) electrons. The minimum absolute atomic E-state index is 0.124. The Kier molecular flexibility index (Phi) is 6.70. The summed E-state index contributed by atoms with van der Waals surface area (Å²) in [6.45, 7) is 0.830. The summed E-state index contributed by atoms with van der Waals surface area (Å²) in [5, 5.41) is 4.40. The van der Waals surface area contributed by atoms with Gasteiger partial charge in [-0.25, -0.2) is 4.98 Å². The van der Waals surface area contributed by atoms with Gasteiger partial charge in [0.05, 0.1) is 23.2 Å². The van der Waals surface area contributed by atoms with Crippen molar-refractivity contribution in [1.82, 2.24) is 14.9 Å². The number of hydrogen-bond donors (Lipinski definition) is 1. The molecule has 0 saturated heterocycles. The van der Waals surface area contributed by atoms with Crippen molar-refractivity contribution in [2.75, 3.05) is 5.75 Å². The Hall–Kier alpha value is -3.09. The minimum Gasteiger partial charge on any atom is -0.351 e. The van der Waals surface area contributed by atoms with Gasteiger partial charge in [0, 0.05) is 11.6 Å². The lowest BCUT2D eigenvalue weighted by atomic mass is 10.2. The number of carbonyl (C=O) groups is 1. The predicted octanol–water partition coefficient (Wildman–Crippen LogP) is 4.51. The molecule has 0 spiro atoms. The number of fused-ring (bicyclic) bond motifs is 1. The van der Waals surface area contributed by atoms with E-state index in [0.717, 1.165) is 11.1 Å². The third-order valence-corrected chi connectivity index (χ3v) is 5.94. The van der Waals surface area contributed by atoms with E-state index in [9.17, 15) is 9.59 Å². The Morgan fingerprint density at radius 2 is 1.65 bits per heavy atom. The summed E-state index contributed by atoms with van der Waals surface area (Å²) >= 11 is 7.34. The molecule has 0 bridgehead atoms. The van der Waals surface area contributed by atoms with Crippen molar-refractivity contribution in [1.29, 1.82) is 0 Å². The van der Waals surface area contributed by atoms with E-state index in [1.807, 2.05) is 60.7 Å². The summed E-state index contributed by atoms with van der Waals surface area (Å²) in [4.78, 5) is 30.2. The Morgan fingerprint density at radius 3 is 2.35 bits per heavy atom. The molecule has 1 N–H and O–H groups in total. The van der Waals surface area contributed by atoms with Gasteiger partial charge in [-0.15, -0.1) is 0 Å². The maximum atomic E-state index is 13.2. The van der Waals surface area contributed by atoms with Crippen LogP contribution in [0.4, 0.5) is 0 Å². The number of aromatic nitrogens is 2. The van der Waals surface area contributed by atoms with E-state index in [2.05, 4.69) is 10.3 Å². The number of amides is 1. The SMILES string of the molecule is O=C(CSc1nc2cc(Cl)ccc2c(=O)n1Cc1ccccc1)NCc1ccccc1. The van der Waals surface area contributed by atoms with Gasteiger partial charge in [-0.2, -0.15) is 0 Å². The van der Waals surface area contributed by atoms with Gasteiger partial charge in [0.2, 0.25) is 5.91 Å². The van der Waals surface area contributed by atoms with E-state index < -0.39 is 0 Å². The van der Waals surface area contributed by atoms with Gasteiger partial charge in [-0.1, -0.05) is 84.0 Å². The number of benzene rings is 3. The molecule has 0 fully saturated rings. The van der Waals surface area contributed by atoms with E-state index in [1.165, 1.54) is 11.8 Å². The first kappa shape index (κ1) is 21.2. The lowest BCUT2D eigenvalue weighted by molar-refractivity contribution is -0.118. The van der Waals surface area contributed by atoms with Crippen LogP contribution in [0.2, 0.25) is 5.02 Å². The summed E-state index contributed by atoms with van der Waals surface area (Å²) in [6, 6.07) is 24.5. The molecule has 156 valence electrons. The number of thioether (sulfide) groups is 1. The molecular weight excluding hydrogens is 430 g/mol. The molecule has 31 heavy (non-hydrogen) atoms. The van der Waals surface area contributed by atoms with E-state index in [1.54, 1.807) is 22.8 Å². The standard InChI is InChI=1S/C24H20ClN3O2S/c25-19-11-12-20-21(13-19)27-24(28(23(20)30)15-18-9-5-2-6-10-18)31-16-22(29)26-14-17-7-3-1-4-8-17/h1-13H,14-16H2,(H,26,29). The highest BCUT2D eigenvalue weighted by atomic mass is 35.5. The highest BCUT2D eigenvalue weighted by Crippen LogP contribution is 2.21. The second-order valence-electron chi connectivity index (χ2n) is 6.98. The van der Waals surface area contributed by atoms with Crippen LogP contribution in [0.25, 0.3) is 10.9 Å². The topological polar surface area (TPSA) is 64.0 Å². The number of hydrogen-bond acceptors (Lipinski definition) is 4. The third kappa shape index (κ3) is 5.34. The van der Waals surface area contributed by atoms with Crippen LogP contribution < -0.4 is 10.9 Å². The summed E-state index contributed by atoms with van der Waals surface area (Å²) in [5.41, 5.74) is 2.38. The number of rotatable bonds is 7. The van der Waals surface area contributed by atoms with Crippen LogP contribution >= 0.6 is 23.4 Å². The van der Waals surface area contributed by atoms with Crippen molar-refractivity contribution in [2.45, 2.75) is 18.2 Å². The quantitative estimate of drug-likeness (QED) is 0.333. The third-order valence-electron chi connectivity index (χ3n) is 4.73. The first-order chi connectivity index (χ1) is 15.1. The molecule has 5 nitrogen and oxygen atoms in total. The average molecular weight is 450 g/mol. The first-order valence-electron chi connectivity index (χ1n) is 9.77. The molecule has 0 aliphatic heterocycles. The molecular formula is C24H20ClN3O2S. The Bertz CT molecular complexity index is 1260. The van der Waals surface area contributed by atoms with Crippen LogP contribution in [0.1, 0.15) is 11.1 Å². The molecule has 1 aromatic heterocycles. The van der Waals surface area contributed by atoms with Crippen LogP contribution in [0.15, 0.2) is 88.8 Å². The van der Waals surface area contributed by atoms with Crippen molar-refractivity contribution < 1.29 is 4.79 Å². The molecule has 1 amide bonds. The van der Waals surface area contributed by atoms with Gasteiger partial charge in [0.1, 0.15) is 0 Å².